The molecule has 3 rings (SSSR count). The minimum Gasteiger partial charge on any atom is -0.490 e. The largest absolute Gasteiger partial charge is 0.490 e. The number of pyridine rings is 1. The number of nitrogens with zero attached hydrogens (tertiary/aromatic N) is 3. The van der Waals surface area contributed by atoms with Gasteiger partial charge in [0.25, 0.3) is 0 Å². The van der Waals surface area contributed by atoms with Gasteiger partial charge in [-0.1, -0.05) is 32.1 Å². The molecule has 0 bridgehead atoms. The number of aryl methyl sites for hydroxylation is 3. The van der Waals surface area contributed by atoms with Gasteiger partial charge in [-0.2, -0.15) is 0 Å². The molecule has 2 heterocycles. The van der Waals surface area contributed by atoms with Gasteiger partial charge in [0, 0.05) is 23.0 Å². The first-order chi connectivity index (χ1) is 14.8. The molecule has 166 valence electrons. The second kappa shape index (κ2) is 10.3. The van der Waals surface area contributed by atoms with Gasteiger partial charge in [-0.25, -0.2) is 0 Å². The summed E-state index contributed by atoms with van der Waals surface area (Å²) >= 11 is 1.55. The van der Waals surface area contributed by atoms with E-state index in [1.807, 2.05) is 19.2 Å². The van der Waals surface area contributed by atoms with Crippen LogP contribution in [0.2, 0.25) is 0 Å². The molecule has 0 aliphatic heterocycles. The summed E-state index contributed by atoms with van der Waals surface area (Å²) in [5, 5.41) is 29.1. The third-order valence-corrected chi connectivity index (χ3v) is 6.09. The zero-order chi connectivity index (χ0) is 22.5. The maximum absolute atomic E-state index is 9.60. The Morgan fingerprint density at radius 3 is 2.32 bits per heavy atom. The van der Waals surface area contributed by atoms with Gasteiger partial charge < -0.3 is 14.9 Å². The quantitative estimate of drug-likeness (QED) is 0.512. The molecule has 0 aliphatic carbocycles. The lowest BCUT2D eigenvalue weighted by Crippen LogP contribution is -2.22. The van der Waals surface area contributed by atoms with E-state index in [0.717, 1.165) is 56.6 Å². The number of aliphatic hydroxyl groups is 2. The summed E-state index contributed by atoms with van der Waals surface area (Å²) in [5.74, 6) is 1.32. The standard InChI is InChI=1S/C24H31N3O3S/c1-6-17-10-18(9-16(5)22(17)30-13-20(29)12-28)23-26-27-24(31-23)19-8-15(4)21(25-11-19)7-14(2)3/h8-11,14,20,28-29H,6-7,12-13H2,1-5H3. The average molecular weight is 442 g/mol. The third-order valence-electron chi connectivity index (χ3n) is 5.07. The van der Waals surface area contributed by atoms with Crippen molar-refractivity contribution >= 4 is 11.3 Å². The molecule has 2 N–H and O–H groups in total. The lowest BCUT2D eigenvalue weighted by molar-refractivity contribution is 0.0531. The summed E-state index contributed by atoms with van der Waals surface area (Å²) in [6.45, 7) is 10.3. The molecule has 1 unspecified atom stereocenters. The summed E-state index contributed by atoms with van der Waals surface area (Å²) in [7, 11) is 0. The van der Waals surface area contributed by atoms with E-state index in [-0.39, 0.29) is 13.2 Å². The fourth-order valence-corrected chi connectivity index (χ4v) is 4.26. The Labute approximate surface area is 188 Å². The fourth-order valence-electron chi connectivity index (χ4n) is 3.45. The molecular formula is C24H31N3O3S. The zero-order valence-electron chi connectivity index (χ0n) is 18.8. The van der Waals surface area contributed by atoms with Crippen molar-refractivity contribution in [1.29, 1.82) is 0 Å². The number of aliphatic hydroxyl groups excluding tert-OH is 2. The Hall–Kier alpha value is -2.35. The lowest BCUT2D eigenvalue weighted by atomic mass is 10.0. The molecule has 2 aromatic heterocycles. The molecule has 0 fully saturated rings. The van der Waals surface area contributed by atoms with Gasteiger partial charge in [0.15, 0.2) is 0 Å². The van der Waals surface area contributed by atoms with Crippen molar-refractivity contribution in [1.82, 2.24) is 15.2 Å². The van der Waals surface area contributed by atoms with E-state index in [0.29, 0.717) is 5.92 Å². The second-order valence-electron chi connectivity index (χ2n) is 8.28. The van der Waals surface area contributed by atoms with Gasteiger partial charge >= 0.3 is 0 Å². The van der Waals surface area contributed by atoms with E-state index in [1.165, 1.54) is 5.56 Å². The highest BCUT2D eigenvalue weighted by atomic mass is 32.1. The number of ether oxygens (including phenoxy) is 1. The maximum atomic E-state index is 9.60. The Balaban J connectivity index is 1.87. The maximum Gasteiger partial charge on any atom is 0.149 e. The van der Waals surface area contributed by atoms with Gasteiger partial charge in [0.1, 0.15) is 28.5 Å². The summed E-state index contributed by atoms with van der Waals surface area (Å²) in [4.78, 5) is 4.66. The molecule has 0 saturated carbocycles. The van der Waals surface area contributed by atoms with Crippen molar-refractivity contribution in [2.75, 3.05) is 13.2 Å². The van der Waals surface area contributed by atoms with Crippen LogP contribution < -0.4 is 4.74 Å². The molecule has 3 aromatic rings. The predicted octanol–water partition coefficient (Wildman–Crippen LogP) is 4.38. The van der Waals surface area contributed by atoms with E-state index in [2.05, 4.69) is 55.0 Å². The second-order valence-corrected chi connectivity index (χ2v) is 9.26. The minimum absolute atomic E-state index is 0.0613. The number of rotatable bonds is 9. The minimum atomic E-state index is -0.890. The highest BCUT2D eigenvalue weighted by molar-refractivity contribution is 7.17. The van der Waals surface area contributed by atoms with Crippen LogP contribution in [-0.2, 0) is 12.8 Å². The molecule has 0 radical (unpaired) electrons. The van der Waals surface area contributed by atoms with Crippen molar-refractivity contribution in [3.8, 4) is 26.9 Å². The SMILES string of the molecule is CCc1cc(-c2nnc(-c3cnc(CC(C)C)c(C)c3)s2)cc(C)c1OCC(O)CO. The number of hydrogen-bond donors (Lipinski definition) is 2. The van der Waals surface area contributed by atoms with E-state index < -0.39 is 6.10 Å². The first kappa shape index (κ1) is 23.3. The fraction of sp³-hybridized carbons (Fsp3) is 0.458. The van der Waals surface area contributed by atoms with Crippen LogP contribution in [0.4, 0.5) is 0 Å². The molecule has 0 aliphatic rings. The smallest absolute Gasteiger partial charge is 0.149 e. The van der Waals surface area contributed by atoms with Gasteiger partial charge in [0.05, 0.1) is 6.61 Å². The van der Waals surface area contributed by atoms with Crippen molar-refractivity contribution in [3.05, 3.63) is 46.8 Å². The van der Waals surface area contributed by atoms with E-state index in [9.17, 15) is 5.11 Å². The topological polar surface area (TPSA) is 88.4 Å². The Kier molecular flexibility index (Phi) is 7.75. The van der Waals surface area contributed by atoms with Crippen molar-refractivity contribution in [2.24, 2.45) is 5.92 Å². The molecule has 0 saturated heterocycles. The lowest BCUT2D eigenvalue weighted by Gasteiger charge is -2.16. The molecule has 7 heteroatoms. The third kappa shape index (κ3) is 5.67. The number of aromatic nitrogens is 3. The van der Waals surface area contributed by atoms with Crippen molar-refractivity contribution in [3.63, 3.8) is 0 Å². The Bertz CT molecular complexity index is 1030. The van der Waals surface area contributed by atoms with Gasteiger partial charge in [-0.15, -0.1) is 10.2 Å². The van der Waals surface area contributed by atoms with Crippen molar-refractivity contribution in [2.45, 2.75) is 53.6 Å². The van der Waals surface area contributed by atoms with Gasteiger partial charge in [-0.05, 0) is 67.5 Å². The normalized spacial score (nSPS) is 12.4. The molecule has 0 amide bonds. The first-order valence-corrected chi connectivity index (χ1v) is 11.5. The Morgan fingerprint density at radius 2 is 1.71 bits per heavy atom. The highest BCUT2D eigenvalue weighted by Gasteiger charge is 2.16. The van der Waals surface area contributed by atoms with Crippen molar-refractivity contribution < 1.29 is 14.9 Å². The van der Waals surface area contributed by atoms with Gasteiger partial charge in [-0.3, -0.25) is 4.98 Å². The molecule has 6 nitrogen and oxygen atoms in total. The molecule has 31 heavy (non-hydrogen) atoms. The van der Waals surface area contributed by atoms with Crippen LogP contribution >= 0.6 is 11.3 Å². The number of benzene rings is 1. The molecule has 1 aromatic carbocycles. The summed E-state index contributed by atoms with van der Waals surface area (Å²) in [5.41, 5.74) is 6.29. The van der Waals surface area contributed by atoms with E-state index in [4.69, 9.17) is 9.84 Å². The average Bonchev–Trinajstić information content (AvgIpc) is 3.23. The summed E-state index contributed by atoms with van der Waals surface area (Å²) in [6.07, 6.45) is 2.75. The molecule has 0 spiro atoms. The van der Waals surface area contributed by atoms with Crippen LogP contribution in [0, 0.1) is 19.8 Å². The summed E-state index contributed by atoms with van der Waals surface area (Å²) in [6, 6.07) is 6.23. The van der Waals surface area contributed by atoms with E-state index >= 15 is 0 Å². The first-order valence-electron chi connectivity index (χ1n) is 10.7. The van der Waals surface area contributed by atoms with E-state index in [1.54, 1.807) is 11.3 Å². The van der Waals surface area contributed by atoms with Crippen LogP contribution in [-0.4, -0.2) is 44.7 Å². The van der Waals surface area contributed by atoms with Crippen LogP contribution in [0.15, 0.2) is 24.4 Å². The summed E-state index contributed by atoms with van der Waals surface area (Å²) < 4.78 is 5.78. The Morgan fingerprint density at radius 1 is 1.03 bits per heavy atom. The predicted molar refractivity (Wildman–Crippen MR) is 125 cm³/mol. The van der Waals surface area contributed by atoms with Crippen LogP contribution in [0.5, 0.6) is 5.75 Å². The monoisotopic (exact) mass is 441 g/mol. The molecular weight excluding hydrogens is 410 g/mol. The van der Waals surface area contributed by atoms with Crippen LogP contribution in [0.25, 0.3) is 21.1 Å². The molecule has 1 atom stereocenters. The number of hydrogen-bond acceptors (Lipinski definition) is 7. The van der Waals surface area contributed by atoms with Gasteiger partial charge in [0.2, 0.25) is 0 Å². The highest BCUT2D eigenvalue weighted by Crippen LogP contribution is 2.35. The van der Waals surface area contributed by atoms with Crippen LogP contribution in [0.1, 0.15) is 43.2 Å². The van der Waals surface area contributed by atoms with Crippen LogP contribution in [0.3, 0.4) is 0 Å². The zero-order valence-corrected chi connectivity index (χ0v) is 19.7.